The lowest BCUT2D eigenvalue weighted by molar-refractivity contribution is -0.119. The third-order valence-electron chi connectivity index (χ3n) is 2.87. The van der Waals surface area contributed by atoms with Crippen molar-refractivity contribution in [2.45, 2.75) is 17.3 Å². The second-order valence-electron chi connectivity index (χ2n) is 4.40. The van der Waals surface area contributed by atoms with E-state index in [1.807, 2.05) is 0 Å². The number of urea groups is 1. The lowest BCUT2D eigenvalue weighted by atomic mass is 10.3. The van der Waals surface area contributed by atoms with Crippen molar-refractivity contribution < 1.29 is 14.3 Å². The fraction of sp³-hybridized carbons (Fsp3) is 0.308. The molecular formula is C13H16N6O3S. The first kappa shape index (κ1) is 16.7. The molecule has 0 aliphatic heterocycles. The van der Waals surface area contributed by atoms with Gasteiger partial charge in [-0.1, -0.05) is 11.8 Å². The second-order valence-corrected chi connectivity index (χ2v) is 5.71. The van der Waals surface area contributed by atoms with Crippen molar-refractivity contribution in [2.75, 3.05) is 14.2 Å². The molecule has 23 heavy (non-hydrogen) atoms. The van der Waals surface area contributed by atoms with Crippen molar-refractivity contribution in [2.24, 2.45) is 0 Å². The zero-order chi connectivity index (χ0) is 16.8. The van der Waals surface area contributed by atoms with E-state index in [2.05, 4.69) is 26.2 Å². The molecule has 0 spiro atoms. The predicted molar refractivity (Wildman–Crippen MR) is 83.6 cm³/mol. The number of carbonyl (C=O) groups is 2. The molecule has 0 saturated carbocycles. The van der Waals surface area contributed by atoms with Crippen LogP contribution in [0.2, 0.25) is 0 Å². The summed E-state index contributed by atoms with van der Waals surface area (Å²) in [7, 11) is 3.02. The van der Waals surface area contributed by atoms with Gasteiger partial charge >= 0.3 is 6.03 Å². The van der Waals surface area contributed by atoms with Crippen molar-refractivity contribution in [1.29, 1.82) is 0 Å². The Morgan fingerprint density at radius 3 is 2.61 bits per heavy atom. The van der Waals surface area contributed by atoms with Gasteiger partial charge in [-0.2, -0.15) is 4.68 Å². The number of carbonyl (C=O) groups excluding carboxylic acids is 2. The number of benzene rings is 1. The minimum Gasteiger partial charge on any atom is -0.497 e. The van der Waals surface area contributed by atoms with E-state index in [4.69, 9.17) is 4.74 Å². The van der Waals surface area contributed by atoms with E-state index < -0.39 is 17.2 Å². The summed E-state index contributed by atoms with van der Waals surface area (Å²) < 4.78 is 6.61. The summed E-state index contributed by atoms with van der Waals surface area (Å²) in [6.07, 6.45) is 0. The summed E-state index contributed by atoms with van der Waals surface area (Å²) in [6.45, 7) is 1.66. The van der Waals surface area contributed by atoms with Crippen molar-refractivity contribution in [1.82, 2.24) is 30.8 Å². The molecule has 1 aromatic carbocycles. The highest BCUT2D eigenvalue weighted by molar-refractivity contribution is 8.00. The Morgan fingerprint density at radius 2 is 2.00 bits per heavy atom. The van der Waals surface area contributed by atoms with Crippen LogP contribution >= 0.6 is 11.8 Å². The molecule has 0 unspecified atom stereocenters. The molecule has 9 nitrogen and oxygen atoms in total. The standard InChI is InChI=1S/C13H16N6O3S/c1-8(11(20)15-12(21)14-2)23-13-16-17-18-19(13)9-4-6-10(22-3)7-5-9/h4-8H,1-3H3,(H2,14,15,20,21)/t8-/m1/s1. The minimum absolute atomic E-state index is 0.432. The molecule has 10 heteroatoms. The number of methoxy groups -OCH3 is 1. The first-order valence-corrected chi connectivity index (χ1v) is 7.55. The molecule has 0 fully saturated rings. The van der Waals surface area contributed by atoms with Crippen LogP contribution < -0.4 is 15.4 Å². The molecular weight excluding hydrogens is 320 g/mol. The number of hydrogen-bond acceptors (Lipinski definition) is 7. The molecule has 0 radical (unpaired) electrons. The number of imide groups is 1. The van der Waals surface area contributed by atoms with Crippen LogP contribution in [0.1, 0.15) is 6.92 Å². The first-order valence-electron chi connectivity index (χ1n) is 6.67. The number of rotatable bonds is 5. The highest BCUT2D eigenvalue weighted by Crippen LogP contribution is 2.23. The van der Waals surface area contributed by atoms with E-state index in [9.17, 15) is 9.59 Å². The largest absolute Gasteiger partial charge is 0.497 e. The van der Waals surface area contributed by atoms with Crippen molar-refractivity contribution >= 4 is 23.7 Å². The van der Waals surface area contributed by atoms with Crippen LogP contribution in [-0.2, 0) is 4.79 Å². The van der Waals surface area contributed by atoms with E-state index in [-0.39, 0.29) is 0 Å². The predicted octanol–water partition coefficient (Wildman–Crippen LogP) is 0.607. The van der Waals surface area contributed by atoms with E-state index in [0.29, 0.717) is 10.9 Å². The highest BCUT2D eigenvalue weighted by Gasteiger charge is 2.20. The fourth-order valence-electron chi connectivity index (χ4n) is 1.63. The first-order chi connectivity index (χ1) is 11.0. The Hall–Kier alpha value is -2.62. The Labute approximate surface area is 136 Å². The third-order valence-corrected chi connectivity index (χ3v) is 3.91. The monoisotopic (exact) mass is 336 g/mol. The smallest absolute Gasteiger partial charge is 0.321 e. The van der Waals surface area contributed by atoms with Gasteiger partial charge in [-0.15, -0.1) is 5.10 Å². The summed E-state index contributed by atoms with van der Waals surface area (Å²) in [6, 6.07) is 6.61. The molecule has 0 bridgehead atoms. The Morgan fingerprint density at radius 1 is 1.30 bits per heavy atom. The van der Waals surface area contributed by atoms with E-state index in [1.54, 1.807) is 38.3 Å². The summed E-state index contributed by atoms with van der Waals surface area (Å²) in [5.74, 6) is 0.285. The molecule has 122 valence electrons. The number of thioether (sulfide) groups is 1. The van der Waals surface area contributed by atoms with Gasteiger partial charge < -0.3 is 10.1 Å². The number of hydrogen-bond donors (Lipinski definition) is 2. The summed E-state index contributed by atoms with van der Waals surface area (Å²) in [5, 5.41) is 15.9. The highest BCUT2D eigenvalue weighted by atomic mass is 32.2. The van der Waals surface area contributed by atoms with Crippen molar-refractivity contribution in [3.63, 3.8) is 0 Å². The molecule has 0 aliphatic rings. The van der Waals surface area contributed by atoms with Crippen molar-refractivity contribution in [3.8, 4) is 11.4 Å². The van der Waals surface area contributed by atoms with Crippen LogP contribution in [-0.4, -0.2) is 51.6 Å². The molecule has 1 heterocycles. The van der Waals surface area contributed by atoms with Crippen LogP contribution in [0.25, 0.3) is 5.69 Å². The minimum atomic E-state index is -0.558. The Bertz CT molecular complexity index is 687. The van der Waals surface area contributed by atoms with Gasteiger partial charge in [-0.25, -0.2) is 4.79 Å². The van der Waals surface area contributed by atoms with Gasteiger partial charge in [0, 0.05) is 7.05 Å². The van der Waals surface area contributed by atoms with Gasteiger partial charge in [0.1, 0.15) is 5.75 Å². The average molecular weight is 336 g/mol. The quantitative estimate of drug-likeness (QED) is 0.769. The number of amides is 3. The van der Waals surface area contributed by atoms with Gasteiger partial charge in [-0.05, 0) is 41.6 Å². The number of tetrazole rings is 1. The summed E-state index contributed by atoms with van der Waals surface area (Å²) in [5.41, 5.74) is 0.734. The van der Waals surface area contributed by atoms with Crippen LogP contribution in [0, 0.1) is 0 Å². The Kier molecular flexibility index (Phi) is 5.52. The summed E-state index contributed by atoms with van der Waals surface area (Å²) >= 11 is 1.15. The maximum absolute atomic E-state index is 11.9. The molecule has 1 aromatic heterocycles. The molecule has 2 aromatic rings. The van der Waals surface area contributed by atoms with Crippen LogP contribution in [0.5, 0.6) is 5.75 Å². The zero-order valence-electron chi connectivity index (χ0n) is 12.8. The van der Waals surface area contributed by atoms with E-state index >= 15 is 0 Å². The van der Waals surface area contributed by atoms with Crippen LogP contribution in [0.4, 0.5) is 4.79 Å². The fourth-order valence-corrected chi connectivity index (χ4v) is 2.43. The normalized spacial score (nSPS) is 11.6. The molecule has 3 amide bonds. The molecule has 1 atom stereocenters. The second kappa shape index (κ2) is 7.58. The average Bonchev–Trinajstić information content (AvgIpc) is 3.02. The SMILES string of the molecule is CNC(=O)NC(=O)[C@@H](C)Sc1nnnn1-c1ccc(OC)cc1. The third kappa shape index (κ3) is 4.19. The van der Waals surface area contributed by atoms with Gasteiger partial charge in [0.25, 0.3) is 0 Å². The van der Waals surface area contributed by atoms with Crippen molar-refractivity contribution in [3.05, 3.63) is 24.3 Å². The van der Waals surface area contributed by atoms with Gasteiger partial charge in [0.2, 0.25) is 11.1 Å². The topological polar surface area (TPSA) is 111 Å². The number of nitrogens with zero attached hydrogens (tertiary/aromatic N) is 4. The van der Waals surface area contributed by atoms with E-state index in [1.165, 1.54) is 11.7 Å². The van der Waals surface area contributed by atoms with Crippen LogP contribution in [0.15, 0.2) is 29.4 Å². The molecule has 2 N–H and O–H groups in total. The maximum atomic E-state index is 11.9. The van der Waals surface area contributed by atoms with Crippen LogP contribution in [0.3, 0.4) is 0 Å². The maximum Gasteiger partial charge on any atom is 0.321 e. The number of aromatic nitrogens is 4. The molecule has 0 aliphatic carbocycles. The lowest BCUT2D eigenvalue weighted by Crippen LogP contribution is -2.41. The summed E-state index contributed by atoms with van der Waals surface area (Å²) in [4.78, 5) is 23.1. The number of nitrogens with one attached hydrogen (secondary N) is 2. The van der Waals surface area contributed by atoms with E-state index in [0.717, 1.165) is 17.4 Å². The molecule has 2 rings (SSSR count). The lowest BCUT2D eigenvalue weighted by Gasteiger charge is -2.10. The van der Waals surface area contributed by atoms with Gasteiger partial charge in [0.05, 0.1) is 18.0 Å². The molecule has 0 saturated heterocycles. The van der Waals surface area contributed by atoms with Gasteiger partial charge in [0.15, 0.2) is 0 Å². The Balaban J connectivity index is 2.11. The number of ether oxygens (including phenoxy) is 1. The zero-order valence-corrected chi connectivity index (χ0v) is 13.6. The van der Waals surface area contributed by atoms with Gasteiger partial charge in [-0.3, -0.25) is 10.1 Å².